The van der Waals surface area contributed by atoms with E-state index in [0.717, 1.165) is 31.4 Å². The highest BCUT2D eigenvalue weighted by molar-refractivity contribution is 7.85. The molecule has 5 nitrogen and oxygen atoms in total. The van der Waals surface area contributed by atoms with Gasteiger partial charge in [-0.05, 0) is 19.3 Å². The summed E-state index contributed by atoms with van der Waals surface area (Å²) in [6, 6.07) is 2.03. The first kappa shape index (κ1) is 14.2. The van der Waals surface area contributed by atoms with Crippen LogP contribution in [-0.2, 0) is 10.8 Å². The van der Waals surface area contributed by atoms with E-state index in [1.54, 1.807) is 19.4 Å². The van der Waals surface area contributed by atoms with Gasteiger partial charge in [-0.2, -0.15) is 4.98 Å². The molecular weight excluding hydrogens is 262 g/mol. The number of hydrogen-bond donors (Lipinski definition) is 1. The molecule has 1 aliphatic carbocycles. The van der Waals surface area contributed by atoms with Gasteiger partial charge >= 0.3 is 0 Å². The van der Waals surface area contributed by atoms with Gasteiger partial charge in [0.2, 0.25) is 11.8 Å². The fourth-order valence-corrected chi connectivity index (χ4v) is 3.81. The van der Waals surface area contributed by atoms with Gasteiger partial charge in [-0.15, -0.1) is 0 Å². The van der Waals surface area contributed by atoms with Crippen LogP contribution in [0.4, 0.5) is 5.95 Å². The van der Waals surface area contributed by atoms with Gasteiger partial charge in [-0.3, -0.25) is 4.21 Å². The Morgan fingerprint density at radius 2 is 2.37 bits per heavy atom. The quantitative estimate of drug-likeness (QED) is 0.895. The third-order valence-corrected chi connectivity index (χ3v) is 5.20. The SMILES string of the molecule is CCS(=O)C1CCCC(Nc2nccc(OC)n2)C1. The van der Waals surface area contributed by atoms with E-state index in [9.17, 15) is 4.21 Å². The van der Waals surface area contributed by atoms with Crippen molar-refractivity contribution in [2.75, 3.05) is 18.2 Å². The average Bonchev–Trinajstić information content (AvgIpc) is 2.47. The summed E-state index contributed by atoms with van der Waals surface area (Å²) in [6.07, 6.45) is 5.87. The molecule has 0 saturated heterocycles. The standard InChI is InChI=1S/C13H21N3O2S/c1-3-19(17)11-6-4-5-10(9-11)15-13-14-8-7-12(16-13)18-2/h7-8,10-11H,3-6,9H2,1-2H3,(H,14,15,16). The molecule has 1 aliphatic rings. The van der Waals surface area contributed by atoms with E-state index in [4.69, 9.17) is 4.74 Å². The molecular formula is C13H21N3O2S. The van der Waals surface area contributed by atoms with Crippen molar-refractivity contribution in [3.8, 4) is 5.88 Å². The summed E-state index contributed by atoms with van der Waals surface area (Å²) in [6.45, 7) is 1.98. The van der Waals surface area contributed by atoms with Crippen molar-refractivity contribution >= 4 is 16.7 Å². The van der Waals surface area contributed by atoms with E-state index in [1.165, 1.54) is 0 Å². The van der Waals surface area contributed by atoms with Gasteiger partial charge in [0.1, 0.15) is 0 Å². The molecule has 1 aromatic heterocycles. The van der Waals surface area contributed by atoms with E-state index < -0.39 is 10.8 Å². The maximum absolute atomic E-state index is 11.9. The third kappa shape index (κ3) is 3.89. The second kappa shape index (κ2) is 6.84. The van der Waals surface area contributed by atoms with Crippen LogP contribution in [0, 0.1) is 0 Å². The molecule has 6 heteroatoms. The Bertz CT molecular complexity index is 442. The van der Waals surface area contributed by atoms with E-state index >= 15 is 0 Å². The number of aromatic nitrogens is 2. The number of nitrogens with zero attached hydrogens (tertiary/aromatic N) is 2. The van der Waals surface area contributed by atoms with Crippen LogP contribution in [0.15, 0.2) is 12.3 Å². The van der Waals surface area contributed by atoms with Crippen molar-refractivity contribution in [2.24, 2.45) is 0 Å². The van der Waals surface area contributed by atoms with Crippen LogP contribution in [0.25, 0.3) is 0 Å². The smallest absolute Gasteiger partial charge is 0.226 e. The van der Waals surface area contributed by atoms with Crippen LogP contribution in [0.5, 0.6) is 5.88 Å². The maximum atomic E-state index is 11.9. The van der Waals surface area contributed by atoms with Crippen LogP contribution in [0.1, 0.15) is 32.6 Å². The van der Waals surface area contributed by atoms with Crippen LogP contribution < -0.4 is 10.1 Å². The molecule has 1 heterocycles. The van der Waals surface area contributed by atoms with Crippen molar-refractivity contribution in [1.29, 1.82) is 0 Å². The lowest BCUT2D eigenvalue weighted by Crippen LogP contribution is -2.33. The molecule has 1 N–H and O–H groups in total. The zero-order chi connectivity index (χ0) is 13.7. The molecule has 106 valence electrons. The Morgan fingerprint density at radius 1 is 1.53 bits per heavy atom. The fraction of sp³-hybridized carbons (Fsp3) is 0.692. The molecule has 0 aromatic carbocycles. The Hall–Kier alpha value is -1.17. The Kier molecular flexibility index (Phi) is 5.13. The summed E-state index contributed by atoms with van der Waals surface area (Å²) >= 11 is 0. The van der Waals surface area contributed by atoms with E-state index in [1.807, 2.05) is 6.92 Å². The van der Waals surface area contributed by atoms with Gasteiger partial charge in [-0.25, -0.2) is 4.98 Å². The molecule has 1 fully saturated rings. The number of nitrogens with one attached hydrogen (secondary N) is 1. The lowest BCUT2D eigenvalue weighted by Gasteiger charge is -2.29. The number of methoxy groups -OCH3 is 1. The monoisotopic (exact) mass is 283 g/mol. The third-order valence-electron chi connectivity index (χ3n) is 3.45. The lowest BCUT2D eigenvalue weighted by molar-refractivity contribution is 0.396. The predicted molar refractivity (Wildman–Crippen MR) is 76.9 cm³/mol. The molecule has 0 amide bonds. The molecule has 2 rings (SSSR count). The Balaban J connectivity index is 1.96. The molecule has 1 aromatic rings. The maximum Gasteiger partial charge on any atom is 0.226 e. The van der Waals surface area contributed by atoms with Crippen LogP contribution in [0.3, 0.4) is 0 Å². The molecule has 1 saturated carbocycles. The largest absolute Gasteiger partial charge is 0.481 e. The second-order valence-electron chi connectivity index (χ2n) is 4.72. The van der Waals surface area contributed by atoms with Crippen molar-refractivity contribution in [2.45, 2.75) is 43.9 Å². The number of anilines is 1. The van der Waals surface area contributed by atoms with Crippen molar-refractivity contribution < 1.29 is 8.95 Å². The highest BCUT2D eigenvalue weighted by atomic mass is 32.2. The molecule has 0 spiro atoms. The first-order valence-electron chi connectivity index (χ1n) is 6.73. The summed E-state index contributed by atoms with van der Waals surface area (Å²) in [5, 5.41) is 3.64. The van der Waals surface area contributed by atoms with Crippen LogP contribution in [-0.4, -0.2) is 38.3 Å². The van der Waals surface area contributed by atoms with Crippen LogP contribution >= 0.6 is 0 Å². The minimum atomic E-state index is -0.704. The van der Waals surface area contributed by atoms with E-state index in [-0.39, 0.29) is 0 Å². The second-order valence-corrected chi connectivity index (χ2v) is 6.73. The van der Waals surface area contributed by atoms with Gasteiger partial charge in [0.25, 0.3) is 0 Å². The van der Waals surface area contributed by atoms with Gasteiger partial charge in [0.15, 0.2) is 0 Å². The molecule has 0 aliphatic heterocycles. The molecule has 0 radical (unpaired) electrons. The Labute approximate surface area is 116 Å². The molecule has 3 atom stereocenters. The number of ether oxygens (including phenoxy) is 1. The van der Waals surface area contributed by atoms with E-state index in [2.05, 4.69) is 15.3 Å². The van der Waals surface area contributed by atoms with Crippen LogP contribution in [0.2, 0.25) is 0 Å². The van der Waals surface area contributed by atoms with E-state index in [0.29, 0.717) is 23.1 Å². The fourth-order valence-electron chi connectivity index (χ4n) is 2.46. The minimum absolute atomic E-state index is 0.307. The minimum Gasteiger partial charge on any atom is -0.481 e. The normalized spacial score (nSPS) is 24.7. The summed E-state index contributed by atoms with van der Waals surface area (Å²) in [5.41, 5.74) is 0. The van der Waals surface area contributed by atoms with Gasteiger partial charge < -0.3 is 10.1 Å². The zero-order valence-electron chi connectivity index (χ0n) is 11.5. The van der Waals surface area contributed by atoms with Gasteiger partial charge in [0.05, 0.1) is 7.11 Å². The number of rotatable bonds is 5. The predicted octanol–water partition coefficient (Wildman–Crippen LogP) is 1.98. The summed E-state index contributed by atoms with van der Waals surface area (Å²) < 4.78 is 17.0. The highest BCUT2D eigenvalue weighted by Crippen LogP contribution is 2.25. The summed E-state index contributed by atoms with van der Waals surface area (Å²) in [4.78, 5) is 8.45. The molecule has 19 heavy (non-hydrogen) atoms. The summed E-state index contributed by atoms with van der Waals surface area (Å²) in [5.74, 6) is 1.89. The van der Waals surface area contributed by atoms with Crippen molar-refractivity contribution in [3.05, 3.63) is 12.3 Å². The lowest BCUT2D eigenvalue weighted by atomic mass is 9.95. The van der Waals surface area contributed by atoms with Gasteiger partial charge in [0, 0.05) is 40.1 Å². The first-order chi connectivity index (χ1) is 9.22. The summed E-state index contributed by atoms with van der Waals surface area (Å²) in [7, 11) is 0.887. The average molecular weight is 283 g/mol. The number of hydrogen-bond acceptors (Lipinski definition) is 5. The topological polar surface area (TPSA) is 64.1 Å². The highest BCUT2D eigenvalue weighted by Gasteiger charge is 2.25. The zero-order valence-corrected chi connectivity index (χ0v) is 12.3. The Morgan fingerprint density at radius 3 is 3.11 bits per heavy atom. The first-order valence-corrected chi connectivity index (χ1v) is 8.12. The van der Waals surface area contributed by atoms with Crippen molar-refractivity contribution in [3.63, 3.8) is 0 Å². The molecule has 0 bridgehead atoms. The van der Waals surface area contributed by atoms with Crippen molar-refractivity contribution in [1.82, 2.24) is 9.97 Å². The molecule has 3 unspecified atom stereocenters. The van der Waals surface area contributed by atoms with Gasteiger partial charge in [-0.1, -0.05) is 13.3 Å².